The number of alkyl halides is 1. The lowest BCUT2D eigenvalue weighted by Crippen LogP contribution is -2.34. The second-order valence-corrected chi connectivity index (χ2v) is 6.93. The molecule has 0 bridgehead atoms. The third-order valence-corrected chi connectivity index (χ3v) is 4.59. The fourth-order valence-electron chi connectivity index (χ4n) is 2.86. The van der Waals surface area contributed by atoms with E-state index >= 15 is 0 Å². The number of nitrogens with zero attached hydrogens (tertiary/aromatic N) is 1. The van der Waals surface area contributed by atoms with Gasteiger partial charge in [-0.3, -0.25) is 0 Å². The van der Waals surface area contributed by atoms with Gasteiger partial charge in [0.15, 0.2) is 0 Å². The maximum Gasteiger partial charge on any atom is 0.339 e. The quantitative estimate of drug-likeness (QED) is 0.789. The highest BCUT2D eigenvalue weighted by atomic mass is 79.9. The Bertz CT molecular complexity index is 523. The van der Waals surface area contributed by atoms with E-state index in [1.54, 1.807) is 19.9 Å². The Morgan fingerprint density at radius 2 is 2.05 bits per heavy atom. The van der Waals surface area contributed by atoms with Crippen molar-refractivity contribution in [2.45, 2.75) is 51.2 Å². The summed E-state index contributed by atoms with van der Waals surface area (Å²) >= 11 is 3.25. The Morgan fingerprint density at radius 1 is 1.43 bits per heavy atom. The number of carbonyl (C=O) groups is 1. The summed E-state index contributed by atoms with van der Waals surface area (Å²) in [5.41, 5.74) is -0.421. The molecule has 2 N–H and O–H groups in total. The minimum absolute atomic E-state index is 0.0821. The van der Waals surface area contributed by atoms with Gasteiger partial charge in [-0.1, -0.05) is 0 Å². The first kappa shape index (κ1) is 16.2. The van der Waals surface area contributed by atoms with Gasteiger partial charge in [-0.15, -0.1) is 0 Å². The summed E-state index contributed by atoms with van der Waals surface area (Å²) in [5.74, 6) is -0.922. The molecule has 1 aromatic heterocycles. The van der Waals surface area contributed by atoms with Gasteiger partial charge in [0, 0.05) is 12.2 Å². The van der Waals surface area contributed by atoms with Crippen LogP contribution in [0.1, 0.15) is 49.9 Å². The molecule has 0 aliphatic heterocycles. The molecular formula is C15H20BrFN2O2. The summed E-state index contributed by atoms with van der Waals surface area (Å²) in [4.78, 5) is 15.2. The van der Waals surface area contributed by atoms with Crippen molar-refractivity contribution in [1.29, 1.82) is 0 Å². The van der Waals surface area contributed by atoms with Gasteiger partial charge in [-0.2, -0.15) is 0 Å². The second-order valence-electron chi connectivity index (χ2n) is 6.12. The van der Waals surface area contributed by atoms with Crippen LogP contribution in [0.15, 0.2) is 16.9 Å². The molecule has 21 heavy (non-hydrogen) atoms. The molecule has 0 unspecified atom stereocenters. The Morgan fingerprint density at radius 3 is 2.57 bits per heavy atom. The van der Waals surface area contributed by atoms with E-state index in [2.05, 4.69) is 26.2 Å². The molecule has 4 nitrogen and oxygen atoms in total. The number of anilines is 1. The first-order valence-corrected chi connectivity index (χ1v) is 7.91. The number of nitrogens with one attached hydrogen (secondary N) is 1. The number of carboxylic acids is 1. The zero-order chi connectivity index (χ0) is 15.6. The van der Waals surface area contributed by atoms with Gasteiger partial charge in [0.1, 0.15) is 15.8 Å². The number of halogens is 2. The molecule has 0 aromatic carbocycles. The third-order valence-electron chi connectivity index (χ3n) is 4.16. The molecule has 6 heteroatoms. The van der Waals surface area contributed by atoms with Crippen molar-refractivity contribution >= 4 is 27.6 Å². The molecule has 0 atom stereocenters. The Balaban J connectivity index is 2.04. The Labute approximate surface area is 132 Å². The molecule has 0 saturated heterocycles. The Kier molecular flexibility index (Phi) is 4.86. The van der Waals surface area contributed by atoms with Crippen LogP contribution < -0.4 is 5.32 Å². The SMILES string of the molecule is CC(C)(F)[C@H]1CC[C@H](Nc2cc(Br)ncc2C(=O)O)CC1. The van der Waals surface area contributed by atoms with Crippen molar-refractivity contribution in [1.82, 2.24) is 4.98 Å². The van der Waals surface area contributed by atoms with Crippen LogP contribution in [0.3, 0.4) is 0 Å². The van der Waals surface area contributed by atoms with Crippen molar-refractivity contribution in [2.24, 2.45) is 5.92 Å². The molecule has 2 rings (SSSR count). The monoisotopic (exact) mass is 358 g/mol. The molecule has 1 heterocycles. The van der Waals surface area contributed by atoms with E-state index in [0.717, 1.165) is 25.7 Å². The van der Waals surface area contributed by atoms with E-state index < -0.39 is 11.6 Å². The maximum atomic E-state index is 13.9. The van der Waals surface area contributed by atoms with E-state index in [-0.39, 0.29) is 17.5 Å². The number of hydrogen-bond acceptors (Lipinski definition) is 3. The van der Waals surface area contributed by atoms with E-state index in [1.165, 1.54) is 6.20 Å². The van der Waals surface area contributed by atoms with Gasteiger partial charge in [-0.05, 0) is 67.4 Å². The van der Waals surface area contributed by atoms with Crippen molar-refractivity contribution in [3.05, 3.63) is 22.4 Å². The Hall–Kier alpha value is -1.17. The van der Waals surface area contributed by atoms with Crippen molar-refractivity contribution in [3.63, 3.8) is 0 Å². The lowest BCUT2D eigenvalue weighted by Gasteiger charge is -2.35. The van der Waals surface area contributed by atoms with Gasteiger partial charge >= 0.3 is 5.97 Å². The van der Waals surface area contributed by atoms with Crippen LogP contribution in [0.4, 0.5) is 10.1 Å². The number of aromatic carboxylic acids is 1. The van der Waals surface area contributed by atoms with Crippen LogP contribution in [0.5, 0.6) is 0 Å². The van der Waals surface area contributed by atoms with Gasteiger partial charge in [-0.25, -0.2) is 14.2 Å². The summed E-state index contributed by atoms with van der Waals surface area (Å²) in [5, 5.41) is 12.5. The highest BCUT2D eigenvalue weighted by molar-refractivity contribution is 9.10. The normalized spacial score (nSPS) is 22.9. The van der Waals surface area contributed by atoms with Crippen LogP contribution in [-0.2, 0) is 0 Å². The molecule has 1 aromatic rings. The van der Waals surface area contributed by atoms with Gasteiger partial charge in [0.05, 0.1) is 5.69 Å². The molecule has 0 spiro atoms. The minimum Gasteiger partial charge on any atom is -0.478 e. The number of carboxylic acid groups (broad SMARTS) is 1. The van der Waals surface area contributed by atoms with E-state index in [0.29, 0.717) is 10.3 Å². The standard InChI is InChI=1S/C15H20BrFN2O2/c1-15(2,17)9-3-5-10(6-4-9)19-12-7-13(16)18-8-11(12)14(20)21/h7-10H,3-6H2,1-2H3,(H,18,19)(H,20,21)/t9-,10-. The fourth-order valence-corrected chi connectivity index (χ4v) is 3.20. The van der Waals surface area contributed by atoms with Crippen LogP contribution in [-0.4, -0.2) is 27.8 Å². The maximum absolute atomic E-state index is 13.9. The summed E-state index contributed by atoms with van der Waals surface area (Å²) in [7, 11) is 0. The van der Waals surface area contributed by atoms with Gasteiger partial charge < -0.3 is 10.4 Å². The van der Waals surface area contributed by atoms with Crippen molar-refractivity contribution in [3.8, 4) is 0 Å². The number of pyridine rings is 1. The molecule has 1 aliphatic carbocycles. The molecule has 1 saturated carbocycles. The average molecular weight is 359 g/mol. The largest absolute Gasteiger partial charge is 0.478 e. The minimum atomic E-state index is -1.14. The van der Waals surface area contributed by atoms with Crippen LogP contribution >= 0.6 is 15.9 Å². The van der Waals surface area contributed by atoms with E-state index in [1.807, 2.05) is 0 Å². The highest BCUT2D eigenvalue weighted by Gasteiger charge is 2.33. The van der Waals surface area contributed by atoms with Gasteiger partial charge in [0.2, 0.25) is 0 Å². The smallest absolute Gasteiger partial charge is 0.339 e. The fraction of sp³-hybridized carbons (Fsp3) is 0.600. The van der Waals surface area contributed by atoms with Crippen molar-refractivity contribution in [2.75, 3.05) is 5.32 Å². The molecule has 0 amide bonds. The summed E-state index contributed by atoms with van der Waals surface area (Å²) in [6, 6.07) is 1.85. The number of aromatic nitrogens is 1. The van der Waals surface area contributed by atoms with E-state index in [4.69, 9.17) is 0 Å². The lowest BCUT2D eigenvalue weighted by atomic mass is 9.78. The van der Waals surface area contributed by atoms with Crippen LogP contribution in [0, 0.1) is 5.92 Å². The number of rotatable bonds is 4. The predicted molar refractivity (Wildman–Crippen MR) is 83.5 cm³/mol. The second kappa shape index (κ2) is 6.30. The lowest BCUT2D eigenvalue weighted by molar-refractivity contribution is 0.0697. The average Bonchev–Trinajstić information content (AvgIpc) is 2.38. The molecular weight excluding hydrogens is 339 g/mol. The van der Waals surface area contributed by atoms with E-state index in [9.17, 15) is 14.3 Å². The van der Waals surface area contributed by atoms with Crippen LogP contribution in [0.25, 0.3) is 0 Å². The van der Waals surface area contributed by atoms with Gasteiger partial charge in [0.25, 0.3) is 0 Å². The summed E-state index contributed by atoms with van der Waals surface area (Å²) in [6.45, 7) is 3.27. The number of hydrogen-bond donors (Lipinski definition) is 2. The zero-order valence-electron chi connectivity index (χ0n) is 12.2. The first-order chi connectivity index (χ1) is 9.77. The third kappa shape index (κ3) is 4.15. The molecule has 116 valence electrons. The zero-order valence-corrected chi connectivity index (χ0v) is 13.8. The molecule has 0 radical (unpaired) electrons. The predicted octanol–water partition coefficient (Wildman–Crippen LogP) is 4.26. The summed E-state index contributed by atoms with van der Waals surface area (Å²) in [6.07, 6.45) is 4.66. The summed E-state index contributed by atoms with van der Waals surface area (Å²) < 4.78 is 14.5. The molecule has 1 aliphatic rings. The first-order valence-electron chi connectivity index (χ1n) is 7.11. The van der Waals surface area contributed by atoms with Crippen molar-refractivity contribution < 1.29 is 14.3 Å². The highest BCUT2D eigenvalue weighted by Crippen LogP contribution is 2.36. The van der Waals surface area contributed by atoms with Crippen LogP contribution in [0.2, 0.25) is 0 Å². The topological polar surface area (TPSA) is 62.2 Å². The molecule has 1 fully saturated rings.